The van der Waals surface area contributed by atoms with E-state index in [1.807, 2.05) is 7.05 Å². The van der Waals surface area contributed by atoms with Crippen molar-refractivity contribution in [1.29, 1.82) is 0 Å². The van der Waals surface area contributed by atoms with E-state index in [0.717, 1.165) is 25.0 Å². The van der Waals surface area contributed by atoms with Gasteiger partial charge in [0.2, 0.25) is 0 Å². The lowest BCUT2D eigenvalue weighted by Gasteiger charge is -2.34. The van der Waals surface area contributed by atoms with Gasteiger partial charge in [-0.25, -0.2) is 0 Å². The van der Waals surface area contributed by atoms with Crippen molar-refractivity contribution in [1.82, 2.24) is 20.4 Å². The van der Waals surface area contributed by atoms with Crippen LogP contribution in [-0.2, 0) is 0 Å². The molecule has 2 aliphatic rings. The second kappa shape index (κ2) is 7.84. The zero-order chi connectivity index (χ0) is 14.4. The van der Waals surface area contributed by atoms with Crippen LogP contribution in [0.3, 0.4) is 0 Å². The first-order chi connectivity index (χ1) is 9.67. The molecule has 2 rings (SSSR count). The SMILES string of the molecule is CN=C(NCC(C)CN1CCN(C)CC1)NCC1CC1. The summed E-state index contributed by atoms with van der Waals surface area (Å²) in [4.78, 5) is 9.27. The Morgan fingerprint density at radius 2 is 1.90 bits per heavy atom. The summed E-state index contributed by atoms with van der Waals surface area (Å²) in [5.74, 6) is 2.50. The molecule has 1 saturated heterocycles. The number of aliphatic imine (C=N–C) groups is 1. The highest BCUT2D eigenvalue weighted by atomic mass is 15.2. The lowest BCUT2D eigenvalue weighted by atomic mass is 10.1. The summed E-state index contributed by atoms with van der Waals surface area (Å²) in [7, 11) is 4.06. The molecule has 1 aliphatic heterocycles. The van der Waals surface area contributed by atoms with Crippen molar-refractivity contribution in [2.24, 2.45) is 16.8 Å². The lowest BCUT2D eigenvalue weighted by Crippen LogP contribution is -2.47. The Kier molecular flexibility index (Phi) is 6.10. The van der Waals surface area contributed by atoms with E-state index in [1.54, 1.807) is 0 Å². The highest BCUT2D eigenvalue weighted by Crippen LogP contribution is 2.27. The molecular weight excluding hydrogens is 250 g/mol. The molecule has 0 spiro atoms. The molecule has 0 aromatic carbocycles. The summed E-state index contributed by atoms with van der Waals surface area (Å²) in [5.41, 5.74) is 0. The predicted molar refractivity (Wildman–Crippen MR) is 85.2 cm³/mol. The quantitative estimate of drug-likeness (QED) is 0.548. The average molecular weight is 281 g/mol. The van der Waals surface area contributed by atoms with Crippen LogP contribution in [0.5, 0.6) is 0 Å². The highest BCUT2D eigenvalue weighted by molar-refractivity contribution is 5.79. The van der Waals surface area contributed by atoms with Gasteiger partial charge in [0.05, 0.1) is 0 Å². The summed E-state index contributed by atoms with van der Waals surface area (Å²) < 4.78 is 0. The van der Waals surface area contributed by atoms with Gasteiger partial charge in [-0.1, -0.05) is 6.92 Å². The Morgan fingerprint density at radius 3 is 2.50 bits per heavy atom. The number of likely N-dealkylation sites (N-methyl/N-ethyl adjacent to an activating group) is 1. The monoisotopic (exact) mass is 281 g/mol. The van der Waals surface area contributed by atoms with Crippen molar-refractivity contribution in [3.05, 3.63) is 0 Å². The molecule has 116 valence electrons. The fourth-order valence-electron chi connectivity index (χ4n) is 2.59. The maximum atomic E-state index is 4.29. The van der Waals surface area contributed by atoms with Crippen molar-refractivity contribution in [3.63, 3.8) is 0 Å². The molecule has 2 fully saturated rings. The molecule has 1 unspecified atom stereocenters. The summed E-state index contributed by atoms with van der Waals surface area (Å²) in [6.45, 7) is 10.4. The van der Waals surface area contributed by atoms with E-state index in [9.17, 15) is 0 Å². The van der Waals surface area contributed by atoms with E-state index in [0.29, 0.717) is 5.92 Å². The van der Waals surface area contributed by atoms with Crippen LogP contribution < -0.4 is 10.6 Å². The Bertz CT molecular complexity index is 305. The Hall–Kier alpha value is -0.810. The van der Waals surface area contributed by atoms with E-state index < -0.39 is 0 Å². The van der Waals surface area contributed by atoms with E-state index >= 15 is 0 Å². The lowest BCUT2D eigenvalue weighted by molar-refractivity contribution is 0.139. The zero-order valence-corrected chi connectivity index (χ0v) is 13.4. The normalized spacial score (nSPS) is 23.6. The number of nitrogens with one attached hydrogen (secondary N) is 2. The number of hydrogen-bond donors (Lipinski definition) is 2. The smallest absolute Gasteiger partial charge is 0.190 e. The van der Waals surface area contributed by atoms with Crippen molar-refractivity contribution < 1.29 is 0 Å². The Morgan fingerprint density at radius 1 is 1.20 bits per heavy atom. The summed E-state index contributed by atoms with van der Waals surface area (Å²) in [6.07, 6.45) is 2.76. The van der Waals surface area contributed by atoms with Gasteiger partial charge < -0.3 is 20.4 Å². The minimum atomic E-state index is 0.651. The van der Waals surface area contributed by atoms with Crippen LogP contribution >= 0.6 is 0 Å². The molecule has 5 nitrogen and oxygen atoms in total. The number of hydrogen-bond acceptors (Lipinski definition) is 3. The first-order valence-corrected chi connectivity index (χ1v) is 8.02. The van der Waals surface area contributed by atoms with Gasteiger partial charge in [0.1, 0.15) is 0 Å². The highest BCUT2D eigenvalue weighted by Gasteiger charge is 2.21. The second-order valence-electron chi connectivity index (χ2n) is 6.49. The molecule has 0 aromatic rings. The van der Waals surface area contributed by atoms with Crippen LogP contribution in [-0.4, -0.2) is 75.7 Å². The summed E-state index contributed by atoms with van der Waals surface area (Å²) >= 11 is 0. The molecule has 0 amide bonds. The maximum absolute atomic E-state index is 4.29. The van der Waals surface area contributed by atoms with Gasteiger partial charge in [0.15, 0.2) is 5.96 Å². The predicted octanol–water partition coefficient (Wildman–Crippen LogP) is 0.445. The Balaban J connectivity index is 1.59. The molecule has 2 N–H and O–H groups in total. The molecule has 1 saturated carbocycles. The third kappa shape index (κ3) is 5.67. The van der Waals surface area contributed by atoms with Crippen LogP contribution in [0, 0.1) is 11.8 Å². The van der Waals surface area contributed by atoms with Crippen LogP contribution in [0.15, 0.2) is 4.99 Å². The standard InChI is InChI=1S/C15H31N5/c1-13(12-20-8-6-19(3)7-9-20)10-17-15(16-2)18-11-14-4-5-14/h13-14H,4-12H2,1-3H3,(H2,16,17,18). The third-order valence-corrected chi connectivity index (χ3v) is 4.26. The van der Waals surface area contributed by atoms with Crippen molar-refractivity contribution in [3.8, 4) is 0 Å². The minimum Gasteiger partial charge on any atom is -0.356 e. The van der Waals surface area contributed by atoms with Gasteiger partial charge in [0, 0.05) is 52.9 Å². The van der Waals surface area contributed by atoms with Crippen LogP contribution in [0.25, 0.3) is 0 Å². The zero-order valence-electron chi connectivity index (χ0n) is 13.4. The van der Waals surface area contributed by atoms with Gasteiger partial charge in [-0.3, -0.25) is 4.99 Å². The molecule has 0 radical (unpaired) electrons. The van der Waals surface area contributed by atoms with Gasteiger partial charge in [-0.05, 0) is 31.7 Å². The molecule has 1 heterocycles. The van der Waals surface area contributed by atoms with E-state index in [4.69, 9.17) is 0 Å². The van der Waals surface area contributed by atoms with Crippen LogP contribution in [0.2, 0.25) is 0 Å². The Labute approximate surface area is 123 Å². The fourth-order valence-corrected chi connectivity index (χ4v) is 2.59. The number of rotatable bonds is 6. The molecule has 1 atom stereocenters. The van der Waals surface area contributed by atoms with Crippen molar-refractivity contribution in [2.75, 3.05) is 59.9 Å². The van der Waals surface area contributed by atoms with Gasteiger partial charge >= 0.3 is 0 Å². The molecule has 1 aliphatic carbocycles. The molecule has 20 heavy (non-hydrogen) atoms. The number of nitrogens with zero attached hydrogens (tertiary/aromatic N) is 3. The van der Waals surface area contributed by atoms with Crippen LogP contribution in [0.4, 0.5) is 0 Å². The maximum Gasteiger partial charge on any atom is 0.190 e. The molecular formula is C15H31N5. The largest absolute Gasteiger partial charge is 0.356 e. The van der Waals surface area contributed by atoms with Gasteiger partial charge in [-0.15, -0.1) is 0 Å². The fraction of sp³-hybridized carbons (Fsp3) is 0.933. The summed E-state index contributed by atoms with van der Waals surface area (Å²) in [5, 5.41) is 6.87. The minimum absolute atomic E-state index is 0.651. The van der Waals surface area contributed by atoms with Crippen molar-refractivity contribution >= 4 is 5.96 Å². The van der Waals surface area contributed by atoms with E-state index in [2.05, 4.69) is 39.4 Å². The first kappa shape index (κ1) is 15.6. The molecule has 0 aromatic heterocycles. The third-order valence-electron chi connectivity index (χ3n) is 4.26. The van der Waals surface area contributed by atoms with E-state index in [-0.39, 0.29) is 0 Å². The van der Waals surface area contributed by atoms with Gasteiger partial charge in [0.25, 0.3) is 0 Å². The number of piperazine rings is 1. The van der Waals surface area contributed by atoms with Gasteiger partial charge in [-0.2, -0.15) is 0 Å². The molecule has 5 heteroatoms. The first-order valence-electron chi connectivity index (χ1n) is 8.02. The van der Waals surface area contributed by atoms with Crippen LogP contribution in [0.1, 0.15) is 19.8 Å². The van der Waals surface area contributed by atoms with E-state index in [1.165, 1.54) is 45.6 Å². The van der Waals surface area contributed by atoms with Crippen molar-refractivity contribution in [2.45, 2.75) is 19.8 Å². The summed E-state index contributed by atoms with van der Waals surface area (Å²) in [6, 6.07) is 0. The average Bonchev–Trinajstić information content (AvgIpc) is 3.26. The number of guanidine groups is 1. The molecule has 0 bridgehead atoms. The second-order valence-corrected chi connectivity index (χ2v) is 6.49. The topological polar surface area (TPSA) is 42.9 Å².